The Hall–Kier alpha value is -2.27. The van der Waals surface area contributed by atoms with Crippen molar-refractivity contribution in [3.63, 3.8) is 0 Å². The van der Waals surface area contributed by atoms with Crippen LogP contribution in [0.1, 0.15) is 28.9 Å². The Morgan fingerprint density at radius 1 is 1.13 bits per heavy atom. The van der Waals surface area contributed by atoms with E-state index < -0.39 is 21.3 Å². The largest absolute Gasteiger partial charge is 0.381 e. The van der Waals surface area contributed by atoms with Gasteiger partial charge in [-0.2, -0.15) is 4.31 Å². The van der Waals surface area contributed by atoms with Gasteiger partial charge in [0.15, 0.2) is 0 Å². The fraction of sp³-hybridized carbons (Fsp3) is 0.476. The van der Waals surface area contributed by atoms with Crippen LogP contribution in [0.15, 0.2) is 41.4 Å². The van der Waals surface area contributed by atoms with Crippen LogP contribution in [-0.2, 0) is 24.9 Å². The average molecular weight is 452 g/mol. The van der Waals surface area contributed by atoms with Crippen LogP contribution in [0.3, 0.4) is 0 Å². The van der Waals surface area contributed by atoms with Crippen molar-refractivity contribution in [1.82, 2.24) is 14.6 Å². The highest BCUT2D eigenvalue weighted by molar-refractivity contribution is 7.89. The maximum Gasteiger partial charge on any atom is 0.267 e. The van der Waals surface area contributed by atoms with Gasteiger partial charge in [-0.3, -0.25) is 4.79 Å². The van der Waals surface area contributed by atoms with E-state index in [0.717, 1.165) is 5.56 Å². The molecule has 1 aromatic carbocycles. The maximum absolute atomic E-state index is 13.8. The first-order chi connectivity index (χ1) is 14.9. The Morgan fingerprint density at radius 3 is 2.55 bits per heavy atom. The zero-order chi connectivity index (χ0) is 21.9. The number of H-pyrrole nitrogens is 1. The summed E-state index contributed by atoms with van der Waals surface area (Å²) in [6.07, 6.45) is 2.63. The number of ether oxygens (including phenoxy) is 2. The van der Waals surface area contributed by atoms with Gasteiger partial charge in [0, 0.05) is 44.5 Å². The Bertz CT molecular complexity index is 1030. The molecule has 31 heavy (non-hydrogen) atoms. The summed E-state index contributed by atoms with van der Waals surface area (Å²) >= 11 is 0. The Labute approximate surface area is 180 Å². The molecule has 0 bridgehead atoms. The molecule has 0 atom stereocenters. The summed E-state index contributed by atoms with van der Waals surface area (Å²) in [7, 11) is -3.69. The molecule has 10 heteroatoms. The molecule has 1 amide bonds. The van der Waals surface area contributed by atoms with Crippen molar-refractivity contribution >= 4 is 15.9 Å². The third kappa shape index (κ3) is 4.67. The minimum absolute atomic E-state index is 0.0467. The molecule has 2 saturated heterocycles. The summed E-state index contributed by atoms with van der Waals surface area (Å²) in [5.41, 5.74) is 0.539. The van der Waals surface area contributed by atoms with E-state index in [4.69, 9.17) is 9.47 Å². The van der Waals surface area contributed by atoms with E-state index in [1.165, 1.54) is 28.7 Å². The average Bonchev–Trinajstić information content (AvgIpc) is 3.30. The molecule has 3 heterocycles. The second kappa shape index (κ2) is 9.07. The fourth-order valence-electron chi connectivity index (χ4n) is 4.08. The van der Waals surface area contributed by atoms with Crippen molar-refractivity contribution in [3.05, 3.63) is 53.6 Å². The second-order valence-corrected chi connectivity index (χ2v) is 9.79. The van der Waals surface area contributed by atoms with Gasteiger partial charge in [-0.25, -0.2) is 12.8 Å². The highest BCUT2D eigenvalue weighted by Crippen LogP contribution is 2.34. The van der Waals surface area contributed by atoms with E-state index in [9.17, 15) is 17.6 Å². The molecule has 0 aliphatic carbocycles. The number of aromatic amines is 1. The molecular weight excluding hydrogens is 425 g/mol. The van der Waals surface area contributed by atoms with E-state index >= 15 is 0 Å². The molecule has 0 spiro atoms. The van der Waals surface area contributed by atoms with Crippen molar-refractivity contribution < 1.29 is 27.1 Å². The highest BCUT2D eigenvalue weighted by Gasteiger charge is 2.35. The van der Waals surface area contributed by atoms with E-state index in [-0.39, 0.29) is 29.5 Å². The molecule has 2 aliphatic heterocycles. The molecule has 2 N–H and O–H groups in total. The molecular formula is C21H26FN3O5S. The van der Waals surface area contributed by atoms with Crippen LogP contribution in [0.2, 0.25) is 0 Å². The molecule has 0 radical (unpaired) electrons. The molecule has 168 valence electrons. The number of nitrogens with zero attached hydrogens (tertiary/aromatic N) is 1. The highest BCUT2D eigenvalue weighted by atomic mass is 32.2. The SMILES string of the molecule is O=C(NCC1(c2cccc(F)c2)CCOCC1)c1cc(S(=O)(=O)N2CCOCC2)c[nH]1. The maximum atomic E-state index is 13.8. The number of hydrogen-bond acceptors (Lipinski definition) is 5. The second-order valence-electron chi connectivity index (χ2n) is 7.85. The van der Waals surface area contributed by atoms with Gasteiger partial charge in [-0.05, 0) is 36.6 Å². The lowest BCUT2D eigenvalue weighted by Gasteiger charge is -2.38. The number of benzene rings is 1. The van der Waals surface area contributed by atoms with Crippen LogP contribution in [0.4, 0.5) is 4.39 Å². The van der Waals surface area contributed by atoms with E-state index in [1.807, 2.05) is 6.07 Å². The van der Waals surface area contributed by atoms with Gasteiger partial charge in [0.25, 0.3) is 5.91 Å². The molecule has 4 rings (SSSR count). The van der Waals surface area contributed by atoms with Crippen LogP contribution in [0.5, 0.6) is 0 Å². The molecule has 2 aromatic rings. The smallest absolute Gasteiger partial charge is 0.267 e. The van der Waals surface area contributed by atoms with Gasteiger partial charge in [-0.1, -0.05) is 12.1 Å². The van der Waals surface area contributed by atoms with Crippen LogP contribution >= 0.6 is 0 Å². The van der Waals surface area contributed by atoms with E-state index in [0.29, 0.717) is 45.8 Å². The standard InChI is InChI=1S/C21H26FN3O5S/c22-17-3-1-2-16(12-17)21(4-8-29-9-5-21)15-24-20(26)19-13-18(14-23-19)31(27,28)25-6-10-30-11-7-25/h1-3,12-14,23H,4-11,15H2,(H,24,26). The third-order valence-electron chi connectivity index (χ3n) is 5.98. The molecule has 8 nitrogen and oxygen atoms in total. The minimum atomic E-state index is -3.69. The van der Waals surface area contributed by atoms with E-state index in [1.54, 1.807) is 6.07 Å². The van der Waals surface area contributed by atoms with Gasteiger partial charge >= 0.3 is 0 Å². The number of hydrogen-bond donors (Lipinski definition) is 2. The zero-order valence-electron chi connectivity index (χ0n) is 17.1. The predicted octanol–water partition coefficient (Wildman–Crippen LogP) is 1.65. The number of sulfonamides is 1. The first-order valence-electron chi connectivity index (χ1n) is 10.3. The lowest BCUT2D eigenvalue weighted by atomic mass is 9.74. The monoisotopic (exact) mass is 451 g/mol. The summed E-state index contributed by atoms with van der Waals surface area (Å²) in [6.45, 7) is 2.61. The van der Waals surface area contributed by atoms with Gasteiger partial charge in [0.2, 0.25) is 10.0 Å². The first-order valence-corrected chi connectivity index (χ1v) is 11.7. The lowest BCUT2D eigenvalue weighted by molar-refractivity contribution is 0.0486. The number of halogens is 1. The quantitative estimate of drug-likeness (QED) is 0.696. The van der Waals surface area contributed by atoms with Crippen LogP contribution in [0.25, 0.3) is 0 Å². The van der Waals surface area contributed by atoms with Crippen molar-refractivity contribution in [2.45, 2.75) is 23.2 Å². The van der Waals surface area contributed by atoms with E-state index in [2.05, 4.69) is 10.3 Å². The van der Waals surface area contributed by atoms with Crippen LogP contribution in [0, 0.1) is 5.82 Å². The minimum Gasteiger partial charge on any atom is -0.381 e. The van der Waals surface area contributed by atoms with Crippen molar-refractivity contribution in [2.75, 3.05) is 46.1 Å². The predicted molar refractivity (Wildman–Crippen MR) is 111 cm³/mol. The number of morpholine rings is 1. The zero-order valence-corrected chi connectivity index (χ0v) is 17.9. The number of carbonyl (C=O) groups is 1. The number of aromatic nitrogens is 1. The Kier molecular flexibility index (Phi) is 6.42. The Balaban J connectivity index is 1.48. The number of nitrogens with one attached hydrogen (secondary N) is 2. The van der Waals surface area contributed by atoms with Crippen LogP contribution in [-0.4, -0.2) is 69.7 Å². The van der Waals surface area contributed by atoms with Crippen molar-refractivity contribution in [2.24, 2.45) is 0 Å². The summed E-state index contributed by atoms with van der Waals surface area (Å²) in [4.78, 5) is 15.6. The lowest BCUT2D eigenvalue weighted by Crippen LogP contribution is -2.44. The third-order valence-corrected chi connectivity index (χ3v) is 7.86. The number of rotatable bonds is 6. The molecule has 0 unspecified atom stereocenters. The van der Waals surface area contributed by atoms with Gasteiger partial charge < -0.3 is 19.8 Å². The fourth-order valence-corrected chi connectivity index (χ4v) is 5.49. The number of carbonyl (C=O) groups excluding carboxylic acids is 1. The molecule has 2 fully saturated rings. The summed E-state index contributed by atoms with van der Waals surface area (Å²) in [5, 5.41) is 2.90. The topological polar surface area (TPSA) is 101 Å². The van der Waals surface area contributed by atoms with Gasteiger partial charge in [0.1, 0.15) is 16.4 Å². The Morgan fingerprint density at radius 2 is 1.84 bits per heavy atom. The summed E-state index contributed by atoms with van der Waals surface area (Å²) < 4.78 is 51.4. The molecule has 0 saturated carbocycles. The summed E-state index contributed by atoms with van der Waals surface area (Å²) in [5.74, 6) is -0.734. The first kappa shape index (κ1) is 21.9. The van der Waals surface area contributed by atoms with Crippen molar-refractivity contribution in [3.8, 4) is 0 Å². The number of amides is 1. The van der Waals surface area contributed by atoms with Crippen LogP contribution < -0.4 is 5.32 Å². The summed E-state index contributed by atoms with van der Waals surface area (Å²) in [6, 6.07) is 7.77. The van der Waals surface area contributed by atoms with Gasteiger partial charge in [0.05, 0.1) is 13.2 Å². The normalized spacial score (nSPS) is 19.8. The molecule has 1 aromatic heterocycles. The molecule has 2 aliphatic rings. The van der Waals surface area contributed by atoms with Gasteiger partial charge in [-0.15, -0.1) is 0 Å². The van der Waals surface area contributed by atoms with Crippen molar-refractivity contribution in [1.29, 1.82) is 0 Å².